The summed E-state index contributed by atoms with van der Waals surface area (Å²) in [6, 6.07) is 8.45. The molecule has 1 aromatic heterocycles. The van der Waals surface area contributed by atoms with Crippen LogP contribution in [-0.4, -0.2) is 17.3 Å². The number of aryl methyl sites for hydroxylation is 1. The van der Waals surface area contributed by atoms with Crippen molar-refractivity contribution >= 4 is 11.0 Å². The molecule has 0 spiro atoms. The van der Waals surface area contributed by atoms with Crippen LogP contribution in [0.5, 0.6) is 0 Å². The van der Waals surface area contributed by atoms with Crippen LogP contribution in [0.15, 0.2) is 28.7 Å². The lowest BCUT2D eigenvalue weighted by Gasteiger charge is -2.30. The van der Waals surface area contributed by atoms with Gasteiger partial charge in [0.2, 0.25) is 0 Å². The summed E-state index contributed by atoms with van der Waals surface area (Å²) in [6.07, 6.45) is 4.06. The van der Waals surface area contributed by atoms with Crippen LogP contribution in [0.25, 0.3) is 11.0 Å². The first-order valence-corrected chi connectivity index (χ1v) is 7.59. The van der Waals surface area contributed by atoms with Gasteiger partial charge in [-0.25, -0.2) is 0 Å². The molecule has 1 saturated carbocycles. The SMILES string of the molecule is Cc1c(C(C)NC2CCCCC2O)oc2ccccc12. The first kappa shape index (κ1) is 13.7. The van der Waals surface area contributed by atoms with Crippen LogP contribution < -0.4 is 5.32 Å². The van der Waals surface area contributed by atoms with E-state index in [1.807, 2.05) is 18.2 Å². The Morgan fingerprint density at radius 1 is 1.25 bits per heavy atom. The fourth-order valence-corrected chi connectivity index (χ4v) is 3.31. The number of para-hydroxylation sites is 1. The van der Waals surface area contributed by atoms with Crippen LogP contribution in [0, 0.1) is 6.92 Å². The highest BCUT2D eigenvalue weighted by atomic mass is 16.3. The molecule has 1 aliphatic rings. The molecule has 3 rings (SSSR count). The fraction of sp³-hybridized carbons (Fsp3) is 0.529. The minimum atomic E-state index is -0.226. The number of nitrogens with one attached hydrogen (secondary N) is 1. The van der Waals surface area contributed by atoms with Crippen molar-refractivity contribution in [2.75, 3.05) is 0 Å². The van der Waals surface area contributed by atoms with E-state index in [2.05, 4.69) is 25.2 Å². The lowest BCUT2D eigenvalue weighted by molar-refractivity contribution is 0.0845. The maximum absolute atomic E-state index is 10.1. The molecule has 3 nitrogen and oxygen atoms in total. The molecular weight excluding hydrogens is 250 g/mol. The van der Waals surface area contributed by atoms with E-state index in [0.29, 0.717) is 0 Å². The molecule has 3 unspecified atom stereocenters. The summed E-state index contributed by atoms with van der Waals surface area (Å²) >= 11 is 0. The van der Waals surface area contributed by atoms with Gasteiger partial charge in [0.05, 0.1) is 12.1 Å². The van der Waals surface area contributed by atoms with E-state index < -0.39 is 0 Å². The third-order valence-electron chi connectivity index (χ3n) is 4.47. The van der Waals surface area contributed by atoms with Gasteiger partial charge in [0.15, 0.2) is 0 Å². The van der Waals surface area contributed by atoms with Gasteiger partial charge >= 0.3 is 0 Å². The van der Waals surface area contributed by atoms with Gasteiger partial charge < -0.3 is 14.8 Å². The predicted molar refractivity (Wildman–Crippen MR) is 80.8 cm³/mol. The van der Waals surface area contributed by atoms with Crippen LogP contribution in [0.4, 0.5) is 0 Å². The average molecular weight is 273 g/mol. The summed E-state index contributed by atoms with van der Waals surface area (Å²) in [5.74, 6) is 0.990. The van der Waals surface area contributed by atoms with Gasteiger partial charge in [-0.3, -0.25) is 0 Å². The molecule has 1 aromatic carbocycles. The zero-order valence-electron chi connectivity index (χ0n) is 12.2. The summed E-state index contributed by atoms with van der Waals surface area (Å²) in [5, 5.41) is 14.8. The summed E-state index contributed by atoms with van der Waals surface area (Å²) in [7, 11) is 0. The van der Waals surface area contributed by atoms with Gasteiger partial charge in [0.1, 0.15) is 11.3 Å². The number of aliphatic hydroxyl groups excluding tert-OH is 1. The summed E-state index contributed by atoms with van der Waals surface area (Å²) < 4.78 is 5.99. The van der Waals surface area contributed by atoms with Crippen LogP contribution >= 0.6 is 0 Å². The largest absolute Gasteiger partial charge is 0.459 e. The molecule has 2 N–H and O–H groups in total. The molecule has 0 radical (unpaired) electrons. The molecule has 0 bridgehead atoms. The maximum Gasteiger partial charge on any atom is 0.134 e. The molecule has 0 saturated heterocycles. The smallest absolute Gasteiger partial charge is 0.134 e. The van der Waals surface area contributed by atoms with E-state index in [1.165, 1.54) is 17.4 Å². The van der Waals surface area contributed by atoms with Crippen LogP contribution in [0.2, 0.25) is 0 Å². The standard InChI is InChI=1S/C17H23NO2/c1-11-13-7-3-6-10-16(13)20-17(11)12(2)18-14-8-4-5-9-15(14)19/h3,6-7,10,12,14-15,18-19H,4-5,8-9H2,1-2H3. The second-order valence-corrected chi connectivity index (χ2v) is 5.93. The number of hydrogen-bond acceptors (Lipinski definition) is 3. The van der Waals surface area contributed by atoms with Gasteiger partial charge in [0.25, 0.3) is 0 Å². The zero-order valence-corrected chi connectivity index (χ0v) is 12.2. The molecule has 1 heterocycles. The van der Waals surface area contributed by atoms with Crippen LogP contribution in [0.1, 0.15) is 50.0 Å². The van der Waals surface area contributed by atoms with Gasteiger partial charge in [-0.2, -0.15) is 0 Å². The molecule has 1 aliphatic carbocycles. The van der Waals surface area contributed by atoms with Crippen molar-refractivity contribution < 1.29 is 9.52 Å². The number of benzene rings is 1. The quantitative estimate of drug-likeness (QED) is 0.896. The minimum Gasteiger partial charge on any atom is -0.459 e. The lowest BCUT2D eigenvalue weighted by Crippen LogP contribution is -2.43. The molecule has 3 heteroatoms. The van der Waals surface area contributed by atoms with Gasteiger partial charge in [-0.05, 0) is 38.3 Å². The molecule has 0 amide bonds. The Morgan fingerprint density at radius 3 is 2.75 bits per heavy atom. The fourth-order valence-electron chi connectivity index (χ4n) is 3.31. The third-order valence-corrected chi connectivity index (χ3v) is 4.47. The van der Waals surface area contributed by atoms with E-state index in [4.69, 9.17) is 4.42 Å². The van der Waals surface area contributed by atoms with Crippen molar-refractivity contribution in [2.24, 2.45) is 0 Å². The maximum atomic E-state index is 10.1. The first-order valence-electron chi connectivity index (χ1n) is 7.59. The Morgan fingerprint density at radius 2 is 2.00 bits per heavy atom. The predicted octanol–water partition coefficient (Wildman–Crippen LogP) is 3.70. The van der Waals surface area contributed by atoms with Crippen molar-refractivity contribution in [3.05, 3.63) is 35.6 Å². The van der Waals surface area contributed by atoms with Crippen molar-refractivity contribution in [3.8, 4) is 0 Å². The molecule has 108 valence electrons. The van der Waals surface area contributed by atoms with Crippen LogP contribution in [0.3, 0.4) is 0 Å². The number of furan rings is 1. The van der Waals surface area contributed by atoms with E-state index in [0.717, 1.165) is 30.6 Å². The Kier molecular flexibility index (Phi) is 3.81. The highest BCUT2D eigenvalue weighted by Crippen LogP contribution is 2.30. The highest BCUT2D eigenvalue weighted by Gasteiger charge is 2.26. The lowest BCUT2D eigenvalue weighted by atomic mass is 9.92. The minimum absolute atomic E-state index is 0.125. The molecule has 2 aromatic rings. The normalized spacial score (nSPS) is 24.9. The van der Waals surface area contributed by atoms with Crippen molar-refractivity contribution in [1.82, 2.24) is 5.32 Å². The molecule has 1 fully saturated rings. The molecule has 20 heavy (non-hydrogen) atoms. The van der Waals surface area contributed by atoms with Crippen molar-refractivity contribution in [1.29, 1.82) is 0 Å². The van der Waals surface area contributed by atoms with Crippen molar-refractivity contribution in [3.63, 3.8) is 0 Å². The Balaban J connectivity index is 1.81. The topological polar surface area (TPSA) is 45.4 Å². The molecule has 3 atom stereocenters. The molecule has 0 aliphatic heterocycles. The second kappa shape index (κ2) is 5.58. The monoisotopic (exact) mass is 273 g/mol. The van der Waals surface area contributed by atoms with Gasteiger partial charge in [-0.1, -0.05) is 31.0 Å². The summed E-state index contributed by atoms with van der Waals surface area (Å²) in [6.45, 7) is 4.22. The average Bonchev–Trinajstić information content (AvgIpc) is 2.79. The van der Waals surface area contributed by atoms with E-state index in [1.54, 1.807) is 0 Å². The van der Waals surface area contributed by atoms with E-state index in [-0.39, 0.29) is 18.2 Å². The zero-order chi connectivity index (χ0) is 14.1. The number of fused-ring (bicyclic) bond motifs is 1. The van der Waals surface area contributed by atoms with E-state index in [9.17, 15) is 5.11 Å². The Bertz CT molecular complexity index is 590. The third kappa shape index (κ3) is 2.48. The van der Waals surface area contributed by atoms with E-state index >= 15 is 0 Å². The number of rotatable bonds is 3. The summed E-state index contributed by atoms with van der Waals surface area (Å²) in [5.41, 5.74) is 2.14. The van der Waals surface area contributed by atoms with Gasteiger partial charge in [0, 0.05) is 11.4 Å². The first-order chi connectivity index (χ1) is 9.66. The number of hydrogen-bond donors (Lipinski definition) is 2. The second-order valence-electron chi connectivity index (χ2n) is 5.93. The highest BCUT2D eigenvalue weighted by molar-refractivity contribution is 5.82. The summed E-state index contributed by atoms with van der Waals surface area (Å²) in [4.78, 5) is 0. The van der Waals surface area contributed by atoms with Crippen molar-refractivity contribution in [2.45, 2.75) is 57.7 Å². The Hall–Kier alpha value is -1.32. The van der Waals surface area contributed by atoms with Crippen LogP contribution in [-0.2, 0) is 0 Å². The Labute approximate surface area is 120 Å². The number of aliphatic hydroxyl groups is 1. The molecular formula is C17H23NO2. The van der Waals surface area contributed by atoms with Gasteiger partial charge in [-0.15, -0.1) is 0 Å².